The summed E-state index contributed by atoms with van der Waals surface area (Å²) in [5, 5.41) is 5.29. The fourth-order valence-electron chi connectivity index (χ4n) is 7.18. The molecule has 3 nitrogen and oxygen atoms in total. The van der Waals surface area contributed by atoms with Gasteiger partial charge in [0, 0.05) is 52.1 Å². The van der Waals surface area contributed by atoms with Gasteiger partial charge >= 0.3 is 0 Å². The number of aromatic nitrogens is 1. The first-order valence-corrected chi connectivity index (χ1v) is 15.1. The van der Waals surface area contributed by atoms with Gasteiger partial charge in [0.1, 0.15) is 0 Å². The van der Waals surface area contributed by atoms with E-state index in [0.29, 0.717) is 18.4 Å². The summed E-state index contributed by atoms with van der Waals surface area (Å²) < 4.78 is 2.48. The van der Waals surface area contributed by atoms with Crippen LogP contribution >= 0.6 is 0 Å². The van der Waals surface area contributed by atoms with E-state index < -0.39 is 0 Å². The summed E-state index contributed by atoms with van der Waals surface area (Å²) >= 11 is 0. The van der Waals surface area contributed by atoms with Crippen LogP contribution < -0.4 is 11.1 Å². The largest absolute Gasteiger partial charge is 0.362 e. The summed E-state index contributed by atoms with van der Waals surface area (Å²) in [4.78, 5) is 0. The minimum atomic E-state index is 0.443. The molecule has 7 rings (SSSR count). The van der Waals surface area contributed by atoms with Crippen LogP contribution in [0.1, 0.15) is 61.8 Å². The number of allylic oxidation sites excluding steroid dienone is 10. The molecule has 1 aromatic heterocycles. The molecule has 0 aliphatic heterocycles. The van der Waals surface area contributed by atoms with Crippen LogP contribution in [-0.4, -0.2) is 4.57 Å². The van der Waals surface area contributed by atoms with E-state index in [4.69, 9.17) is 5.73 Å². The van der Waals surface area contributed by atoms with Crippen molar-refractivity contribution < 1.29 is 0 Å². The van der Waals surface area contributed by atoms with E-state index in [9.17, 15) is 0 Å². The Hall–Kier alpha value is -3.82. The monoisotopic (exact) mass is 525 g/mol. The number of hydrogen-bond acceptors (Lipinski definition) is 2. The molecule has 3 heteroatoms. The molecule has 0 fully saturated rings. The number of para-hydroxylation sites is 1. The highest BCUT2D eigenvalue weighted by molar-refractivity contribution is 5.94. The number of hydrogen-bond donors (Lipinski definition) is 2. The van der Waals surface area contributed by atoms with Crippen LogP contribution in [0.15, 0.2) is 114 Å². The number of nitrogens with two attached hydrogens (primary N) is 1. The fourth-order valence-corrected chi connectivity index (χ4v) is 7.18. The molecule has 2 atom stereocenters. The Balaban J connectivity index is 1.29. The minimum absolute atomic E-state index is 0.443. The van der Waals surface area contributed by atoms with Gasteiger partial charge in [-0.3, -0.25) is 0 Å². The highest BCUT2D eigenvalue weighted by Gasteiger charge is 2.31. The number of benzene rings is 2. The molecular formula is C37H39N3. The predicted molar refractivity (Wildman–Crippen MR) is 168 cm³/mol. The Morgan fingerprint density at radius 2 is 1.73 bits per heavy atom. The second kappa shape index (κ2) is 11.0. The molecule has 0 amide bonds. The van der Waals surface area contributed by atoms with E-state index in [-0.39, 0.29) is 0 Å². The molecule has 2 aromatic carbocycles. The number of fused-ring (bicyclic) bond motifs is 3. The van der Waals surface area contributed by atoms with Crippen molar-refractivity contribution >= 4 is 17.0 Å². The van der Waals surface area contributed by atoms with Crippen molar-refractivity contribution in [2.45, 2.75) is 57.9 Å². The van der Waals surface area contributed by atoms with E-state index in [1.54, 1.807) is 11.1 Å². The van der Waals surface area contributed by atoms with Gasteiger partial charge in [0.15, 0.2) is 0 Å². The molecule has 4 aliphatic carbocycles. The van der Waals surface area contributed by atoms with E-state index >= 15 is 0 Å². The van der Waals surface area contributed by atoms with Crippen LogP contribution in [0, 0.1) is 11.8 Å². The molecule has 0 saturated heterocycles. The zero-order valence-electron chi connectivity index (χ0n) is 23.3. The van der Waals surface area contributed by atoms with Gasteiger partial charge in [0.25, 0.3) is 0 Å². The SMILES string of the molecule is NCc1cccc(-n2c3c(c4ccccc42)C=C(C2CCC(C4=CC=CCC4)C=C2NC2=CC=CCC2)CC3)c1. The lowest BCUT2D eigenvalue weighted by atomic mass is 9.75. The van der Waals surface area contributed by atoms with Gasteiger partial charge < -0.3 is 15.6 Å². The topological polar surface area (TPSA) is 43.0 Å². The Labute approximate surface area is 238 Å². The maximum absolute atomic E-state index is 6.02. The van der Waals surface area contributed by atoms with Crippen molar-refractivity contribution in [1.82, 2.24) is 9.88 Å². The molecule has 0 radical (unpaired) electrons. The van der Waals surface area contributed by atoms with E-state index in [0.717, 1.165) is 25.7 Å². The molecule has 0 saturated carbocycles. The molecule has 4 aliphatic rings. The van der Waals surface area contributed by atoms with Crippen molar-refractivity contribution in [3.8, 4) is 5.69 Å². The van der Waals surface area contributed by atoms with Crippen LogP contribution in [0.4, 0.5) is 0 Å². The van der Waals surface area contributed by atoms with Gasteiger partial charge in [-0.05, 0) is 81.2 Å². The zero-order valence-corrected chi connectivity index (χ0v) is 23.3. The third-order valence-corrected chi connectivity index (χ3v) is 9.21. The Morgan fingerprint density at radius 3 is 2.55 bits per heavy atom. The van der Waals surface area contributed by atoms with Crippen molar-refractivity contribution in [1.29, 1.82) is 0 Å². The highest BCUT2D eigenvalue weighted by Crippen LogP contribution is 2.43. The summed E-state index contributed by atoms with van der Waals surface area (Å²) in [6.45, 7) is 0.559. The van der Waals surface area contributed by atoms with Crippen molar-refractivity contribution in [2.75, 3.05) is 0 Å². The number of nitrogens with zero attached hydrogens (tertiary/aromatic N) is 1. The molecule has 0 spiro atoms. The number of nitrogens with one attached hydrogen (secondary N) is 1. The smallest absolute Gasteiger partial charge is 0.0537 e. The van der Waals surface area contributed by atoms with Crippen LogP contribution in [-0.2, 0) is 13.0 Å². The summed E-state index contributed by atoms with van der Waals surface area (Å²) in [7, 11) is 0. The standard InChI is InChI=1S/C37H39N3/c38-25-26-10-9-15-31(22-26)40-36-17-8-7-16-33(36)34-23-29(19-21-37(34)40)32-20-18-28(27-11-3-1-4-12-27)24-35(32)39-30-13-5-2-6-14-30/h1-3,5,7-11,13,15-17,22-24,28,32,39H,4,6,12,14,18-21,25,38H2. The minimum Gasteiger partial charge on any atom is -0.362 e. The van der Waals surface area contributed by atoms with E-state index in [1.807, 2.05) is 0 Å². The van der Waals surface area contributed by atoms with E-state index in [2.05, 4.69) is 107 Å². The van der Waals surface area contributed by atoms with Gasteiger partial charge in [-0.1, -0.05) is 84.0 Å². The van der Waals surface area contributed by atoms with Crippen LogP contribution in [0.3, 0.4) is 0 Å². The first-order valence-electron chi connectivity index (χ1n) is 15.1. The predicted octanol–water partition coefficient (Wildman–Crippen LogP) is 8.43. The number of rotatable bonds is 6. The van der Waals surface area contributed by atoms with Crippen molar-refractivity contribution in [3.63, 3.8) is 0 Å². The maximum atomic E-state index is 6.02. The summed E-state index contributed by atoms with van der Waals surface area (Å²) in [6.07, 6.45) is 27.9. The highest BCUT2D eigenvalue weighted by atomic mass is 15.0. The normalized spacial score (nSPS) is 22.3. The van der Waals surface area contributed by atoms with E-state index in [1.165, 1.54) is 70.5 Å². The third-order valence-electron chi connectivity index (χ3n) is 9.21. The molecule has 3 N–H and O–H groups in total. The first kappa shape index (κ1) is 25.2. The van der Waals surface area contributed by atoms with Crippen LogP contribution in [0.2, 0.25) is 0 Å². The van der Waals surface area contributed by atoms with Gasteiger partial charge in [-0.15, -0.1) is 0 Å². The van der Waals surface area contributed by atoms with Gasteiger partial charge in [-0.2, -0.15) is 0 Å². The molecule has 202 valence electrons. The molecule has 3 aromatic rings. The molecule has 2 unspecified atom stereocenters. The lowest BCUT2D eigenvalue weighted by Gasteiger charge is -2.34. The Morgan fingerprint density at radius 1 is 0.850 bits per heavy atom. The molecule has 1 heterocycles. The van der Waals surface area contributed by atoms with Gasteiger partial charge in [0.05, 0.1) is 5.52 Å². The lowest BCUT2D eigenvalue weighted by molar-refractivity contribution is 0.469. The Bertz CT molecular complexity index is 1620. The average molecular weight is 526 g/mol. The summed E-state index contributed by atoms with van der Waals surface area (Å²) in [5.74, 6) is 0.985. The molecule has 0 bridgehead atoms. The molecular weight excluding hydrogens is 486 g/mol. The average Bonchev–Trinajstić information content (AvgIpc) is 3.36. The fraction of sp³-hybridized carbons (Fsp3) is 0.297. The van der Waals surface area contributed by atoms with Crippen molar-refractivity contribution in [2.24, 2.45) is 17.6 Å². The maximum Gasteiger partial charge on any atom is 0.0537 e. The zero-order chi connectivity index (χ0) is 26.9. The first-order chi connectivity index (χ1) is 19.8. The van der Waals surface area contributed by atoms with Crippen LogP contribution in [0.5, 0.6) is 0 Å². The van der Waals surface area contributed by atoms with Crippen LogP contribution in [0.25, 0.3) is 22.7 Å². The second-order valence-electron chi connectivity index (χ2n) is 11.7. The molecule has 40 heavy (non-hydrogen) atoms. The summed E-state index contributed by atoms with van der Waals surface area (Å²) in [5.41, 5.74) is 18.5. The quantitative estimate of drug-likeness (QED) is 0.339. The second-order valence-corrected chi connectivity index (χ2v) is 11.7. The van der Waals surface area contributed by atoms with Gasteiger partial charge in [0.2, 0.25) is 0 Å². The summed E-state index contributed by atoms with van der Waals surface area (Å²) in [6, 6.07) is 17.6. The third kappa shape index (κ3) is 4.73. The lowest BCUT2D eigenvalue weighted by Crippen LogP contribution is -2.28. The van der Waals surface area contributed by atoms with Gasteiger partial charge in [-0.25, -0.2) is 0 Å². The van der Waals surface area contributed by atoms with Crippen molar-refractivity contribution in [3.05, 3.63) is 130 Å². The Kier molecular flexibility index (Phi) is 6.91.